The van der Waals surface area contributed by atoms with Crippen molar-refractivity contribution in [2.75, 3.05) is 0 Å². The second-order valence-electron chi connectivity index (χ2n) is 10.6. The number of rotatable bonds is 2. The van der Waals surface area contributed by atoms with Crippen LogP contribution in [0.4, 0.5) is 0 Å². The van der Waals surface area contributed by atoms with Gasteiger partial charge in [-0.15, -0.1) is 0 Å². The maximum Gasteiger partial charge on any atom is 0.136 e. The first-order valence-corrected chi connectivity index (χ1v) is 10.1. The van der Waals surface area contributed by atoms with E-state index in [1.165, 1.54) is 5.56 Å². The fraction of sp³-hybridized carbons (Fsp3) is 0.462. The Labute approximate surface area is 169 Å². The summed E-state index contributed by atoms with van der Waals surface area (Å²) in [6, 6.07) is 15.1. The summed E-state index contributed by atoms with van der Waals surface area (Å²) < 4.78 is 13.0. The van der Waals surface area contributed by atoms with Crippen LogP contribution in [0, 0.1) is 0 Å². The summed E-state index contributed by atoms with van der Waals surface area (Å²) in [7, 11) is 0. The molecule has 0 bridgehead atoms. The topological polar surface area (TPSA) is 18.5 Å². The predicted octanol–water partition coefficient (Wildman–Crippen LogP) is 7.65. The van der Waals surface area contributed by atoms with Crippen molar-refractivity contribution >= 4 is 21.5 Å². The Hall–Kier alpha value is -2.22. The van der Waals surface area contributed by atoms with E-state index in [0.29, 0.717) is 0 Å². The van der Waals surface area contributed by atoms with Crippen LogP contribution >= 0.6 is 0 Å². The fourth-order valence-electron chi connectivity index (χ4n) is 3.40. The van der Waals surface area contributed by atoms with Gasteiger partial charge in [-0.1, -0.05) is 57.2 Å². The highest BCUT2D eigenvalue weighted by Gasteiger charge is 2.24. The van der Waals surface area contributed by atoms with Gasteiger partial charge in [0.15, 0.2) is 0 Å². The maximum absolute atomic E-state index is 6.53. The van der Waals surface area contributed by atoms with Crippen molar-refractivity contribution in [2.24, 2.45) is 0 Å². The van der Waals surface area contributed by atoms with Crippen molar-refractivity contribution in [3.05, 3.63) is 48.0 Å². The van der Waals surface area contributed by atoms with Gasteiger partial charge in [-0.05, 0) is 58.6 Å². The molecule has 3 aromatic carbocycles. The van der Waals surface area contributed by atoms with Crippen LogP contribution < -0.4 is 9.47 Å². The molecule has 150 valence electrons. The second-order valence-corrected chi connectivity index (χ2v) is 10.6. The average molecular weight is 379 g/mol. The number of ether oxygens (including phenoxy) is 2. The molecule has 0 fully saturated rings. The highest BCUT2D eigenvalue weighted by Crippen LogP contribution is 2.46. The van der Waals surface area contributed by atoms with Gasteiger partial charge in [0.2, 0.25) is 0 Å². The number of fused-ring (bicyclic) bond motifs is 2. The fourth-order valence-corrected chi connectivity index (χ4v) is 3.40. The lowest BCUT2D eigenvalue weighted by atomic mass is 9.85. The molecule has 2 heteroatoms. The van der Waals surface area contributed by atoms with Crippen molar-refractivity contribution < 1.29 is 9.47 Å². The normalized spacial score (nSPS) is 13.2. The highest BCUT2D eigenvalue weighted by atomic mass is 16.5. The van der Waals surface area contributed by atoms with Gasteiger partial charge in [-0.3, -0.25) is 0 Å². The third kappa shape index (κ3) is 4.27. The summed E-state index contributed by atoms with van der Waals surface area (Å²) in [6.07, 6.45) is 0. The third-order valence-corrected chi connectivity index (χ3v) is 4.61. The van der Waals surface area contributed by atoms with Gasteiger partial charge in [-0.2, -0.15) is 0 Å². The molecule has 3 aromatic rings. The molecule has 0 heterocycles. The molecule has 0 saturated heterocycles. The van der Waals surface area contributed by atoms with Gasteiger partial charge < -0.3 is 9.47 Å². The summed E-state index contributed by atoms with van der Waals surface area (Å²) in [5, 5.41) is 4.39. The van der Waals surface area contributed by atoms with Crippen molar-refractivity contribution in [3.8, 4) is 11.5 Å². The van der Waals surface area contributed by atoms with Gasteiger partial charge in [0.05, 0.1) is 0 Å². The minimum atomic E-state index is -0.292. The molecule has 0 amide bonds. The largest absolute Gasteiger partial charge is 0.487 e. The molecular weight excluding hydrogens is 344 g/mol. The van der Waals surface area contributed by atoms with Gasteiger partial charge in [0, 0.05) is 21.5 Å². The third-order valence-electron chi connectivity index (χ3n) is 4.61. The summed E-state index contributed by atoms with van der Waals surface area (Å²) >= 11 is 0. The molecular formula is C26H34O2. The van der Waals surface area contributed by atoms with E-state index in [1.54, 1.807) is 0 Å². The van der Waals surface area contributed by atoms with Crippen LogP contribution in [0.15, 0.2) is 42.5 Å². The first kappa shape index (κ1) is 20.5. The zero-order chi connectivity index (χ0) is 20.9. The van der Waals surface area contributed by atoms with E-state index in [-0.39, 0.29) is 16.6 Å². The van der Waals surface area contributed by atoms with E-state index in [2.05, 4.69) is 105 Å². The Morgan fingerprint density at radius 3 is 1.39 bits per heavy atom. The average Bonchev–Trinajstić information content (AvgIpc) is 2.54. The van der Waals surface area contributed by atoms with Gasteiger partial charge in [-0.25, -0.2) is 0 Å². The molecule has 0 radical (unpaired) electrons. The Balaban J connectivity index is 2.47. The lowest BCUT2D eigenvalue weighted by molar-refractivity contribution is 0.131. The quantitative estimate of drug-likeness (QED) is 0.426. The number of benzene rings is 3. The minimum Gasteiger partial charge on any atom is -0.487 e. The highest BCUT2D eigenvalue weighted by molar-refractivity contribution is 6.11. The molecule has 0 aliphatic carbocycles. The van der Waals surface area contributed by atoms with E-state index in [1.807, 2.05) is 0 Å². The molecule has 0 aliphatic heterocycles. The van der Waals surface area contributed by atoms with Crippen molar-refractivity contribution in [3.63, 3.8) is 0 Å². The van der Waals surface area contributed by atoms with Gasteiger partial charge >= 0.3 is 0 Å². The molecule has 28 heavy (non-hydrogen) atoms. The Kier molecular flexibility index (Phi) is 4.90. The predicted molar refractivity (Wildman–Crippen MR) is 121 cm³/mol. The van der Waals surface area contributed by atoms with Crippen LogP contribution in [0.2, 0.25) is 0 Å². The first-order chi connectivity index (χ1) is 12.8. The van der Waals surface area contributed by atoms with Crippen LogP contribution in [-0.4, -0.2) is 11.2 Å². The SMILES string of the molecule is CC(C)(C)Oc1c2ccccc2c(OC(C)(C)C)c2cc(C(C)(C)C)ccc12. The van der Waals surface area contributed by atoms with E-state index in [9.17, 15) is 0 Å². The summed E-state index contributed by atoms with van der Waals surface area (Å²) in [5.41, 5.74) is 0.768. The summed E-state index contributed by atoms with van der Waals surface area (Å²) in [4.78, 5) is 0. The minimum absolute atomic E-state index is 0.0594. The van der Waals surface area contributed by atoms with E-state index in [4.69, 9.17) is 9.47 Å². The Morgan fingerprint density at radius 1 is 0.536 bits per heavy atom. The van der Waals surface area contributed by atoms with Gasteiger partial charge in [0.1, 0.15) is 22.7 Å². The second kappa shape index (κ2) is 6.69. The van der Waals surface area contributed by atoms with E-state index < -0.39 is 0 Å². The standard InChI is InChI=1S/C26H34O2/c1-24(2,3)17-14-15-20-21(16-17)23(28-26(7,8)9)19-13-11-10-12-18(19)22(20)27-25(4,5)6/h10-16H,1-9H3. The molecule has 0 aliphatic rings. The molecule has 0 unspecified atom stereocenters. The molecule has 2 nitrogen and oxygen atoms in total. The number of hydrogen-bond acceptors (Lipinski definition) is 2. The zero-order valence-electron chi connectivity index (χ0n) is 18.9. The molecule has 0 atom stereocenters. The van der Waals surface area contributed by atoms with Crippen molar-refractivity contribution in [1.82, 2.24) is 0 Å². The van der Waals surface area contributed by atoms with Crippen LogP contribution in [0.25, 0.3) is 21.5 Å². The zero-order valence-corrected chi connectivity index (χ0v) is 18.9. The molecule has 0 saturated carbocycles. The summed E-state index contributed by atoms with van der Waals surface area (Å²) in [6.45, 7) is 19.3. The van der Waals surface area contributed by atoms with Crippen molar-refractivity contribution in [2.45, 2.75) is 78.9 Å². The lowest BCUT2D eigenvalue weighted by Crippen LogP contribution is -2.24. The van der Waals surface area contributed by atoms with E-state index in [0.717, 1.165) is 33.0 Å². The van der Waals surface area contributed by atoms with Crippen molar-refractivity contribution in [1.29, 1.82) is 0 Å². The van der Waals surface area contributed by atoms with Crippen LogP contribution in [0.1, 0.15) is 67.9 Å². The monoisotopic (exact) mass is 378 g/mol. The molecule has 0 N–H and O–H groups in total. The molecule has 0 spiro atoms. The van der Waals surface area contributed by atoms with Crippen LogP contribution in [0.5, 0.6) is 11.5 Å². The maximum atomic E-state index is 6.53. The Bertz CT molecular complexity index is 1010. The van der Waals surface area contributed by atoms with Gasteiger partial charge in [0.25, 0.3) is 0 Å². The van der Waals surface area contributed by atoms with E-state index >= 15 is 0 Å². The first-order valence-electron chi connectivity index (χ1n) is 10.1. The Morgan fingerprint density at radius 2 is 0.964 bits per heavy atom. The number of hydrogen-bond donors (Lipinski definition) is 0. The summed E-state index contributed by atoms with van der Waals surface area (Å²) in [5.74, 6) is 1.87. The van der Waals surface area contributed by atoms with Crippen LogP contribution in [-0.2, 0) is 5.41 Å². The molecule has 3 rings (SSSR count). The lowest BCUT2D eigenvalue weighted by Gasteiger charge is -2.29. The smallest absolute Gasteiger partial charge is 0.136 e. The van der Waals surface area contributed by atoms with Crippen LogP contribution in [0.3, 0.4) is 0 Å². The molecule has 0 aromatic heterocycles.